The summed E-state index contributed by atoms with van der Waals surface area (Å²) in [6, 6.07) is 0. The molecule has 0 aliphatic rings. The predicted molar refractivity (Wildman–Crippen MR) is 69.3 cm³/mol. The Morgan fingerprint density at radius 3 is 2.65 bits per heavy atom. The summed E-state index contributed by atoms with van der Waals surface area (Å²) in [6.45, 7) is 4.74. The zero-order valence-electron chi connectivity index (χ0n) is 10.6. The van der Waals surface area contributed by atoms with Crippen molar-refractivity contribution in [2.24, 2.45) is 13.0 Å². The molecule has 1 rings (SSSR count). The van der Waals surface area contributed by atoms with Gasteiger partial charge in [-0.2, -0.15) is 5.10 Å². The van der Waals surface area contributed by atoms with Gasteiger partial charge in [0.05, 0.1) is 17.1 Å². The largest absolute Gasteiger partial charge is 0.350 e. The van der Waals surface area contributed by atoms with Crippen LogP contribution in [0.25, 0.3) is 0 Å². The van der Waals surface area contributed by atoms with Crippen molar-refractivity contribution >= 4 is 17.5 Å². The zero-order chi connectivity index (χ0) is 12.8. The molecule has 0 aliphatic heterocycles. The molecule has 0 aliphatic carbocycles. The molecule has 1 aromatic heterocycles. The minimum Gasteiger partial charge on any atom is -0.350 e. The van der Waals surface area contributed by atoms with Gasteiger partial charge >= 0.3 is 0 Å². The number of carbonyl (C=O) groups is 1. The summed E-state index contributed by atoms with van der Waals surface area (Å²) in [7, 11) is 1.78. The maximum Gasteiger partial charge on any atom is 0.254 e. The second-order valence-electron chi connectivity index (χ2n) is 4.21. The van der Waals surface area contributed by atoms with Crippen LogP contribution in [0.3, 0.4) is 0 Å². The highest BCUT2D eigenvalue weighted by Gasteiger charge is 2.17. The molecular formula is C12H20ClN3O. The van der Waals surface area contributed by atoms with Gasteiger partial charge in [0.2, 0.25) is 0 Å². The van der Waals surface area contributed by atoms with E-state index in [1.54, 1.807) is 24.1 Å². The van der Waals surface area contributed by atoms with Gasteiger partial charge in [-0.1, -0.05) is 26.7 Å². The molecule has 17 heavy (non-hydrogen) atoms. The molecule has 0 spiro atoms. The monoisotopic (exact) mass is 257 g/mol. The van der Waals surface area contributed by atoms with Gasteiger partial charge in [-0.3, -0.25) is 9.48 Å². The third kappa shape index (κ3) is 4.04. The molecule has 1 amide bonds. The van der Waals surface area contributed by atoms with E-state index in [9.17, 15) is 4.79 Å². The Morgan fingerprint density at radius 2 is 2.18 bits per heavy atom. The summed E-state index contributed by atoms with van der Waals surface area (Å²) in [5, 5.41) is 6.78. The first-order valence-electron chi connectivity index (χ1n) is 5.99. The Morgan fingerprint density at radius 1 is 1.53 bits per heavy atom. The van der Waals surface area contributed by atoms with E-state index >= 15 is 0 Å². The summed E-state index contributed by atoms with van der Waals surface area (Å²) in [5.41, 5.74) is 0.570. The van der Waals surface area contributed by atoms with E-state index in [4.69, 9.17) is 11.6 Å². The molecule has 1 N–H and O–H groups in total. The van der Waals surface area contributed by atoms with Crippen LogP contribution >= 0.6 is 11.6 Å². The second kappa shape index (κ2) is 6.64. The van der Waals surface area contributed by atoms with Crippen molar-refractivity contribution in [3.05, 3.63) is 18.0 Å². The lowest BCUT2D eigenvalue weighted by molar-refractivity contribution is 0.0951. The maximum absolute atomic E-state index is 11.7. The van der Waals surface area contributed by atoms with Gasteiger partial charge in [-0.15, -0.1) is 11.6 Å². The first kappa shape index (κ1) is 14.0. The number of hydrogen-bond donors (Lipinski definition) is 1. The summed E-state index contributed by atoms with van der Waals surface area (Å²) in [4.78, 5) is 11.7. The average molecular weight is 258 g/mol. The van der Waals surface area contributed by atoms with Gasteiger partial charge in [-0.25, -0.2) is 0 Å². The lowest BCUT2D eigenvalue weighted by Crippen LogP contribution is -2.33. The Balaban J connectivity index is 2.43. The molecule has 1 atom stereocenters. The van der Waals surface area contributed by atoms with E-state index in [2.05, 4.69) is 24.3 Å². The summed E-state index contributed by atoms with van der Waals surface area (Å²) in [5.74, 6) is 0.334. The fourth-order valence-corrected chi connectivity index (χ4v) is 2.23. The SMILES string of the molecule is CCC(CC)C(Cl)CNC(=O)c1cnn(C)c1. The molecule has 0 saturated carbocycles. The fourth-order valence-electron chi connectivity index (χ4n) is 1.80. The molecule has 0 aromatic carbocycles. The van der Waals surface area contributed by atoms with Crippen LogP contribution in [0.1, 0.15) is 37.0 Å². The van der Waals surface area contributed by atoms with Crippen molar-refractivity contribution in [2.45, 2.75) is 32.1 Å². The minimum atomic E-state index is -0.116. The standard InChI is InChI=1S/C12H20ClN3O/c1-4-9(5-2)11(13)7-14-12(17)10-6-15-16(3)8-10/h6,8-9,11H,4-5,7H2,1-3H3,(H,14,17). The second-order valence-corrected chi connectivity index (χ2v) is 4.77. The number of aromatic nitrogens is 2. The van der Waals surface area contributed by atoms with Crippen LogP contribution in [0, 0.1) is 5.92 Å². The van der Waals surface area contributed by atoms with Gasteiger partial charge in [0.25, 0.3) is 5.91 Å². The first-order chi connectivity index (χ1) is 8.08. The van der Waals surface area contributed by atoms with E-state index < -0.39 is 0 Å². The lowest BCUT2D eigenvalue weighted by Gasteiger charge is -2.19. The Bertz CT molecular complexity index is 360. The van der Waals surface area contributed by atoms with Crippen LogP contribution in [0.15, 0.2) is 12.4 Å². The fraction of sp³-hybridized carbons (Fsp3) is 0.667. The average Bonchev–Trinajstić information content (AvgIpc) is 2.74. The van der Waals surface area contributed by atoms with Crippen molar-refractivity contribution in [1.82, 2.24) is 15.1 Å². The summed E-state index contributed by atoms with van der Waals surface area (Å²) >= 11 is 6.25. The van der Waals surface area contributed by atoms with Gasteiger partial charge in [-0.05, 0) is 5.92 Å². The van der Waals surface area contributed by atoms with E-state index in [0.29, 0.717) is 18.0 Å². The minimum absolute atomic E-state index is 0.00868. The highest BCUT2D eigenvalue weighted by molar-refractivity contribution is 6.21. The number of aryl methyl sites for hydroxylation is 1. The number of carbonyl (C=O) groups excluding carboxylic acids is 1. The van der Waals surface area contributed by atoms with E-state index in [-0.39, 0.29) is 11.3 Å². The number of nitrogens with zero attached hydrogens (tertiary/aromatic N) is 2. The van der Waals surface area contributed by atoms with E-state index in [1.165, 1.54) is 0 Å². The topological polar surface area (TPSA) is 46.9 Å². The molecule has 1 aromatic rings. The molecule has 0 bridgehead atoms. The van der Waals surface area contributed by atoms with Crippen molar-refractivity contribution in [2.75, 3.05) is 6.54 Å². The van der Waals surface area contributed by atoms with Crippen molar-refractivity contribution in [3.63, 3.8) is 0 Å². The number of amides is 1. The number of alkyl halides is 1. The number of halogens is 1. The first-order valence-corrected chi connectivity index (χ1v) is 6.43. The number of rotatable bonds is 6. The molecule has 5 heteroatoms. The molecule has 0 saturated heterocycles. The van der Waals surface area contributed by atoms with Gasteiger partial charge in [0.15, 0.2) is 0 Å². The smallest absolute Gasteiger partial charge is 0.254 e. The Kier molecular flexibility index (Phi) is 5.48. The van der Waals surface area contributed by atoms with Crippen molar-refractivity contribution in [3.8, 4) is 0 Å². The summed E-state index contributed by atoms with van der Waals surface area (Å²) in [6.07, 6.45) is 5.31. The lowest BCUT2D eigenvalue weighted by atomic mass is 9.99. The van der Waals surface area contributed by atoms with Crippen LogP contribution in [-0.2, 0) is 7.05 Å². The molecule has 0 radical (unpaired) electrons. The third-order valence-electron chi connectivity index (χ3n) is 2.98. The number of hydrogen-bond acceptors (Lipinski definition) is 2. The highest BCUT2D eigenvalue weighted by Crippen LogP contribution is 2.17. The molecule has 0 fully saturated rings. The van der Waals surface area contributed by atoms with Crippen LogP contribution in [0.2, 0.25) is 0 Å². The predicted octanol–water partition coefficient (Wildman–Crippen LogP) is 2.19. The molecule has 1 heterocycles. The quantitative estimate of drug-likeness (QED) is 0.794. The molecule has 96 valence electrons. The molecular weight excluding hydrogens is 238 g/mol. The van der Waals surface area contributed by atoms with E-state index in [1.807, 2.05) is 0 Å². The molecule has 1 unspecified atom stereocenters. The molecule has 4 nitrogen and oxygen atoms in total. The highest BCUT2D eigenvalue weighted by atomic mass is 35.5. The van der Waals surface area contributed by atoms with Crippen molar-refractivity contribution in [1.29, 1.82) is 0 Å². The van der Waals surface area contributed by atoms with Gasteiger partial charge in [0.1, 0.15) is 0 Å². The van der Waals surface area contributed by atoms with Crippen LogP contribution in [0.5, 0.6) is 0 Å². The summed E-state index contributed by atoms with van der Waals surface area (Å²) < 4.78 is 1.61. The van der Waals surface area contributed by atoms with Crippen molar-refractivity contribution < 1.29 is 4.79 Å². The van der Waals surface area contributed by atoms with Gasteiger partial charge < -0.3 is 5.32 Å². The normalized spacial score (nSPS) is 12.8. The van der Waals surface area contributed by atoms with Crippen LogP contribution in [0.4, 0.5) is 0 Å². The Labute approximate surface area is 107 Å². The van der Waals surface area contributed by atoms with Crippen LogP contribution < -0.4 is 5.32 Å². The van der Waals surface area contributed by atoms with Crippen LogP contribution in [-0.4, -0.2) is 27.6 Å². The van der Waals surface area contributed by atoms with Gasteiger partial charge in [0, 0.05) is 19.8 Å². The Hall–Kier alpha value is -1.03. The van der Waals surface area contributed by atoms with E-state index in [0.717, 1.165) is 12.8 Å². The maximum atomic E-state index is 11.7. The number of nitrogens with one attached hydrogen (secondary N) is 1. The third-order valence-corrected chi connectivity index (χ3v) is 3.50. The zero-order valence-corrected chi connectivity index (χ0v) is 11.4.